The number of nitrogens with zero attached hydrogens (tertiary/aromatic N) is 1. The van der Waals surface area contributed by atoms with Crippen LogP contribution in [0.2, 0.25) is 10.0 Å². The molecule has 2 heterocycles. The summed E-state index contributed by atoms with van der Waals surface area (Å²) in [7, 11) is 0. The normalized spacial score (nSPS) is 29.3. The number of carbonyl (C=O) groups is 1. The minimum absolute atomic E-state index is 0.0122. The maximum atomic E-state index is 16.0. The highest BCUT2D eigenvalue weighted by molar-refractivity contribution is 6.31. The number of aliphatic hydroxyl groups is 1. The highest BCUT2D eigenvalue weighted by Gasteiger charge is 2.63. The van der Waals surface area contributed by atoms with Crippen molar-refractivity contribution in [3.05, 3.63) is 69.2 Å². The summed E-state index contributed by atoms with van der Waals surface area (Å²) in [5.41, 5.74) is -1.81. The van der Waals surface area contributed by atoms with E-state index >= 15 is 8.78 Å². The smallest absolute Gasteiger partial charge is 0.237 e. The van der Waals surface area contributed by atoms with Crippen LogP contribution in [-0.2, 0) is 19.7 Å². The summed E-state index contributed by atoms with van der Waals surface area (Å²) in [5, 5.41) is 28.2. The highest BCUT2D eigenvalue weighted by Crippen LogP contribution is 2.54. The summed E-state index contributed by atoms with van der Waals surface area (Å²) in [4.78, 5) is 14.0. The second kappa shape index (κ2) is 13.6. The predicted octanol–water partition coefficient (Wildman–Crippen LogP) is 6.00. The Kier molecular flexibility index (Phi) is 10.2. The molecule has 2 aromatic rings. The van der Waals surface area contributed by atoms with Crippen molar-refractivity contribution in [2.75, 3.05) is 19.8 Å². The number of hydrogen-bond donors (Lipinski definition) is 3. The molecule has 0 aromatic heterocycles. The van der Waals surface area contributed by atoms with E-state index in [2.05, 4.69) is 16.7 Å². The Balaban J connectivity index is 1.60. The van der Waals surface area contributed by atoms with Gasteiger partial charge in [-0.2, -0.15) is 5.26 Å². The number of ether oxygens (including phenoxy) is 2. The number of halogens is 4. The van der Waals surface area contributed by atoms with Gasteiger partial charge in [0.1, 0.15) is 17.0 Å². The molecule has 238 valence electrons. The van der Waals surface area contributed by atoms with Crippen LogP contribution in [0.3, 0.4) is 0 Å². The third-order valence-electron chi connectivity index (χ3n) is 9.56. The lowest BCUT2D eigenvalue weighted by atomic mass is 9.60. The Labute approximate surface area is 267 Å². The fraction of sp³-hybridized carbons (Fsp3) is 0.576. The van der Waals surface area contributed by atoms with Gasteiger partial charge in [0, 0.05) is 41.6 Å². The Morgan fingerprint density at radius 3 is 2.59 bits per heavy atom. The van der Waals surface area contributed by atoms with Crippen LogP contribution in [0.15, 0.2) is 36.4 Å². The SMILES string of the molecule is CC1(C)OC[C@H](CCNC(=O)[C@@H]2N[C@@H](C(CO)C3CCCCC3)[C@](C#N)(c3ccc(Cl)cc3F)[C@H]2c2cccc(Cl)c2F)O1. The number of amides is 1. The Bertz CT molecular complexity index is 1400. The molecule has 2 saturated heterocycles. The molecule has 0 spiro atoms. The van der Waals surface area contributed by atoms with Crippen molar-refractivity contribution in [2.45, 2.75) is 87.7 Å². The Morgan fingerprint density at radius 1 is 1.20 bits per heavy atom. The van der Waals surface area contributed by atoms with Crippen molar-refractivity contribution in [2.24, 2.45) is 11.8 Å². The lowest BCUT2D eigenvalue weighted by molar-refractivity contribution is -0.138. The van der Waals surface area contributed by atoms with Gasteiger partial charge >= 0.3 is 0 Å². The monoisotopic (exact) mass is 649 g/mol. The molecular weight excluding hydrogens is 611 g/mol. The molecule has 3 fully saturated rings. The van der Waals surface area contributed by atoms with Gasteiger partial charge in [-0.3, -0.25) is 4.79 Å². The number of nitrogens with one attached hydrogen (secondary N) is 2. The maximum absolute atomic E-state index is 16.0. The van der Waals surface area contributed by atoms with Crippen molar-refractivity contribution in [1.29, 1.82) is 5.26 Å². The average Bonchev–Trinajstić information content (AvgIpc) is 3.52. The van der Waals surface area contributed by atoms with E-state index in [1.54, 1.807) is 6.07 Å². The fourth-order valence-electron chi connectivity index (χ4n) is 7.57. The molecule has 2 aliphatic heterocycles. The van der Waals surface area contributed by atoms with Crippen LogP contribution in [0.25, 0.3) is 0 Å². The molecule has 1 amide bonds. The van der Waals surface area contributed by atoms with Crippen LogP contribution < -0.4 is 10.6 Å². The zero-order chi connectivity index (χ0) is 31.6. The van der Waals surface area contributed by atoms with Gasteiger partial charge in [-0.15, -0.1) is 0 Å². The number of rotatable bonds is 9. The average molecular weight is 651 g/mol. The second-order valence-electron chi connectivity index (χ2n) is 12.6. The summed E-state index contributed by atoms with van der Waals surface area (Å²) >= 11 is 12.4. The third-order valence-corrected chi connectivity index (χ3v) is 10.1. The summed E-state index contributed by atoms with van der Waals surface area (Å²) in [5.74, 6) is -4.43. The van der Waals surface area contributed by atoms with Gasteiger partial charge < -0.3 is 25.2 Å². The lowest BCUT2D eigenvalue weighted by Crippen LogP contribution is -2.51. The van der Waals surface area contributed by atoms with Gasteiger partial charge in [-0.1, -0.05) is 73.5 Å². The molecule has 3 N–H and O–H groups in total. The largest absolute Gasteiger partial charge is 0.396 e. The summed E-state index contributed by atoms with van der Waals surface area (Å²) < 4.78 is 43.4. The first-order valence-corrected chi connectivity index (χ1v) is 16.0. The number of aliphatic hydroxyl groups excluding tert-OH is 1. The van der Waals surface area contributed by atoms with Gasteiger partial charge in [0.2, 0.25) is 5.91 Å². The van der Waals surface area contributed by atoms with Gasteiger partial charge in [-0.05, 0) is 49.9 Å². The quantitative estimate of drug-likeness (QED) is 0.308. The zero-order valence-corrected chi connectivity index (χ0v) is 26.4. The van der Waals surface area contributed by atoms with Crippen LogP contribution >= 0.6 is 23.2 Å². The van der Waals surface area contributed by atoms with Crippen LogP contribution in [0, 0.1) is 34.8 Å². The van der Waals surface area contributed by atoms with E-state index in [9.17, 15) is 15.2 Å². The molecule has 0 radical (unpaired) electrons. The topological polar surface area (TPSA) is 104 Å². The molecule has 6 atom stereocenters. The number of carbonyl (C=O) groups excluding carboxylic acids is 1. The Hall–Kier alpha value is -2.32. The van der Waals surface area contributed by atoms with E-state index in [-0.39, 0.29) is 46.3 Å². The predicted molar refractivity (Wildman–Crippen MR) is 163 cm³/mol. The first kappa shape index (κ1) is 33.1. The van der Waals surface area contributed by atoms with Crippen molar-refractivity contribution >= 4 is 29.1 Å². The van der Waals surface area contributed by atoms with Crippen LogP contribution in [0.1, 0.15) is 69.4 Å². The molecule has 1 aliphatic carbocycles. The van der Waals surface area contributed by atoms with E-state index in [1.165, 1.54) is 24.3 Å². The molecule has 2 aromatic carbocycles. The molecule has 44 heavy (non-hydrogen) atoms. The van der Waals surface area contributed by atoms with Crippen LogP contribution in [0.4, 0.5) is 8.78 Å². The van der Waals surface area contributed by atoms with E-state index in [4.69, 9.17) is 32.7 Å². The van der Waals surface area contributed by atoms with E-state index in [1.807, 2.05) is 13.8 Å². The molecule has 7 nitrogen and oxygen atoms in total. The molecule has 1 saturated carbocycles. The summed E-state index contributed by atoms with van der Waals surface area (Å²) in [6.45, 7) is 3.96. The number of benzene rings is 2. The van der Waals surface area contributed by atoms with Crippen molar-refractivity contribution < 1.29 is 28.2 Å². The van der Waals surface area contributed by atoms with Crippen molar-refractivity contribution in [3.8, 4) is 6.07 Å². The standard InChI is InChI=1S/C33H39Cl2F2N3O4/c1-32(2)43-17-21(44-32)13-14-39-31(42)29-27(22-9-6-10-25(35)28(22)37)33(18-38,24-12-11-20(34)15-26(24)36)30(40-29)23(16-41)19-7-4-3-5-8-19/h6,9-12,15,19,21,23,27,29-30,40-41H,3-5,7-8,13-14,16-17H2,1-2H3,(H,39,42)/t21-,23?,27-,29+,30-,33+/m0/s1. The van der Waals surface area contributed by atoms with E-state index in [0.29, 0.717) is 13.0 Å². The van der Waals surface area contributed by atoms with Gasteiger partial charge in [0.05, 0.1) is 29.8 Å². The number of hydrogen-bond acceptors (Lipinski definition) is 6. The van der Waals surface area contributed by atoms with Gasteiger partial charge in [0.25, 0.3) is 0 Å². The Morgan fingerprint density at radius 2 is 1.95 bits per heavy atom. The maximum Gasteiger partial charge on any atom is 0.237 e. The van der Waals surface area contributed by atoms with Crippen LogP contribution in [-0.4, -0.2) is 54.7 Å². The van der Waals surface area contributed by atoms with Crippen molar-refractivity contribution in [3.63, 3.8) is 0 Å². The minimum Gasteiger partial charge on any atom is -0.396 e. The molecule has 11 heteroatoms. The van der Waals surface area contributed by atoms with Crippen LogP contribution in [0.5, 0.6) is 0 Å². The number of nitriles is 1. The molecule has 5 rings (SSSR count). The first-order valence-electron chi connectivity index (χ1n) is 15.3. The highest BCUT2D eigenvalue weighted by atomic mass is 35.5. The second-order valence-corrected chi connectivity index (χ2v) is 13.5. The first-order chi connectivity index (χ1) is 21.0. The zero-order valence-electron chi connectivity index (χ0n) is 24.9. The molecule has 1 unspecified atom stereocenters. The summed E-state index contributed by atoms with van der Waals surface area (Å²) in [6.07, 6.45) is 4.88. The molecular formula is C33H39Cl2F2N3O4. The van der Waals surface area contributed by atoms with E-state index in [0.717, 1.165) is 38.2 Å². The van der Waals surface area contributed by atoms with Crippen molar-refractivity contribution in [1.82, 2.24) is 10.6 Å². The summed E-state index contributed by atoms with van der Waals surface area (Å²) in [6, 6.07) is 8.75. The molecule has 3 aliphatic rings. The van der Waals surface area contributed by atoms with E-state index < -0.39 is 52.7 Å². The van der Waals surface area contributed by atoms with Gasteiger partial charge in [-0.25, -0.2) is 8.78 Å². The van der Waals surface area contributed by atoms with Gasteiger partial charge in [0.15, 0.2) is 5.79 Å². The third kappa shape index (κ3) is 6.35. The minimum atomic E-state index is -1.81. The molecule has 0 bridgehead atoms. The fourth-order valence-corrected chi connectivity index (χ4v) is 7.91. The lowest BCUT2D eigenvalue weighted by Gasteiger charge is -2.41.